The predicted octanol–water partition coefficient (Wildman–Crippen LogP) is 2.00. The van der Waals surface area contributed by atoms with Gasteiger partial charge in [-0.05, 0) is 18.6 Å². The van der Waals surface area contributed by atoms with Gasteiger partial charge in [0.1, 0.15) is 12.1 Å². The van der Waals surface area contributed by atoms with Crippen molar-refractivity contribution < 1.29 is 24.6 Å². The molecule has 1 spiro atoms. The molecular weight excluding hydrogens is 438 g/mol. The summed E-state index contributed by atoms with van der Waals surface area (Å²) >= 11 is 3.43. The summed E-state index contributed by atoms with van der Waals surface area (Å²) < 4.78 is -0.269. The molecule has 8 nitrogen and oxygen atoms in total. The minimum Gasteiger partial charge on any atom is -0.480 e. The Morgan fingerprint density at radius 2 is 1.97 bits per heavy atom. The van der Waals surface area contributed by atoms with Gasteiger partial charge in [-0.15, -0.1) is 23.5 Å². The van der Waals surface area contributed by atoms with Gasteiger partial charge in [-0.2, -0.15) is 0 Å². The van der Waals surface area contributed by atoms with Crippen LogP contribution in [0, 0.1) is 0 Å². The molecule has 2 fully saturated rings. The number of aromatic nitrogens is 1. The van der Waals surface area contributed by atoms with E-state index >= 15 is 0 Å². The average molecular weight is 464 g/mol. The Balaban J connectivity index is 1.48. The van der Waals surface area contributed by atoms with Crippen LogP contribution in [-0.2, 0) is 20.8 Å². The van der Waals surface area contributed by atoms with E-state index in [9.17, 15) is 24.6 Å². The van der Waals surface area contributed by atoms with Crippen LogP contribution in [0.25, 0.3) is 10.9 Å². The zero-order chi connectivity index (χ0) is 22.2. The van der Waals surface area contributed by atoms with Gasteiger partial charge in [0.15, 0.2) is 0 Å². The number of nitrogens with one attached hydrogen (secondary N) is 2. The molecule has 31 heavy (non-hydrogen) atoms. The first-order chi connectivity index (χ1) is 14.8. The molecule has 0 saturated carbocycles. The average Bonchev–Trinajstić information content (AvgIpc) is 3.46. The first-order valence-corrected chi connectivity index (χ1v) is 12.1. The fraction of sp³-hybridized carbons (Fsp3) is 0.476. The number of fused-ring (bicyclic) bond motifs is 1. The molecule has 10 heteroatoms. The van der Waals surface area contributed by atoms with Crippen LogP contribution < -0.4 is 5.32 Å². The van der Waals surface area contributed by atoms with Gasteiger partial charge in [-0.25, -0.2) is 4.79 Å². The third-order valence-corrected chi connectivity index (χ3v) is 9.32. The quantitative estimate of drug-likeness (QED) is 0.492. The number of carboxylic acid groups (broad SMARTS) is 2. The monoisotopic (exact) mass is 463 g/mol. The molecule has 4 rings (SSSR count). The molecule has 166 valence electrons. The zero-order valence-electron chi connectivity index (χ0n) is 17.0. The van der Waals surface area contributed by atoms with Crippen molar-refractivity contribution in [3.05, 3.63) is 36.0 Å². The highest BCUT2D eigenvalue weighted by Gasteiger charge is 2.52. The van der Waals surface area contributed by atoms with Crippen LogP contribution in [0.15, 0.2) is 30.5 Å². The van der Waals surface area contributed by atoms with Gasteiger partial charge < -0.3 is 20.1 Å². The van der Waals surface area contributed by atoms with E-state index in [4.69, 9.17) is 0 Å². The topological polar surface area (TPSA) is 123 Å². The second kappa shape index (κ2) is 8.76. The molecule has 0 unspecified atom stereocenters. The van der Waals surface area contributed by atoms with Crippen molar-refractivity contribution in [1.29, 1.82) is 0 Å². The van der Waals surface area contributed by atoms with Crippen LogP contribution in [0.4, 0.5) is 0 Å². The third kappa shape index (κ3) is 4.42. The van der Waals surface area contributed by atoms with Crippen molar-refractivity contribution in [1.82, 2.24) is 15.2 Å². The fourth-order valence-electron chi connectivity index (χ4n) is 4.36. The van der Waals surface area contributed by atoms with Crippen LogP contribution in [0.1, 0.15) is 18.9 Å². The van der Waals surface area contributed by atoms with Crippen LogP contribution in [-0.4, -0.2) is 78.2 Å². The number of likely N-dealkylation sites (tertiary alicyclic amines) is 1. The Hall–Kier alpha value is -2.17. The van der Waals surface area contributed by atoms with Crippen molar-refractivity contribution >= 4 is 52.3 Å². The Bertz CT molecular complexity index is 1000. The Morgan fingerprint density at radius 3 is 2.65 bits per heavy atom. The highest BCUT2D eigenvalue weighted by atomic mass is 32.2. The lowest BCUT2D eigenvalue weighted by molar-refractivity contribution is -0.149. The number of thioether (sulfide) groups is 2. The number of carbonyl (C=O) groups excluding carboxylic acids is 1. The summed E-state index contributed by atoms with van der Waals surface area (Å²) in [7, 11) is 0. The van der Waals surface area contributed by atoms with Crippen LogP contribution >= 0.6 is 23.5 Å². The standard InChI is InChI=1S/C21H25N3O5S2/c1-12(18(25)24-11-21(30-6-7-31-21)9-17(24)20(28)29)23-16(19(26)27)8-13-10-22-15-5-3-2-4-14(13)15/h2-5,10,12,16-17,22-23H,6-9,11H2,1H3,(H,26,27)(H,28,29)/t12-,16+,17-/m0/s1. The van der Waals surface area contributed by atoms with Gasteiger partial charge in [-0.3, -0.25) is 14.9 Å². The van der Waals surface area contributed by atoms with Crippen molar-refractivity contribution in [3.63, 3.8) is 0 Å². The van der Waals surface area contributed by atoms with Gasteiger partial charge in [0, 0.05) is 48.0 Å². The number of rotatable bonds is 7. The summed E-state index contributed by atoms with van der Waals surface area (Å²) in [5, 5.41) is 23.3. The number of carboxylic acids is 2. The molecule has 2 aliphatic heterocycles. The largest absolute Gasteiger partial charge is 0.480 e. The zero-order valence-corrected chi connectivity index (χ0v) is 18.7. The summed E-state index contributed by atoms with van der Waals surface area (Å²) in [5.74, 6) is -0.557. The lowest BCUT2D eigenvalue weighted by Crippen LogP contribution is -2.53. The van der Waals surface area contributed by atoms with E-state index in [1.165, 1.54) is 4.90 Å². The van der Waals surface area contributed by atoms with Gasteiger partial charge in [0.2, 0.25) is 5.91 Å². The number of hydrogen-bond donors (Lipinski definition) is 4. The lowest BCUT2D eigenvalue weighted by Gasteiger charge is -2.28. The molecule has 2 aliphatic rings. The molecule has 2 aromatic rings. The number of carbonyl (C=O) groups is 3. The number of amides is 1. The van der Waals surface area contributed by atoms with E-state index in [2.05, 4.69) is 10.3 Å². The van der Waals surface area contributed by atoms with Crippen LogP contribution in [0.2, 0.25) is 0 Å². The number of aromatic amines is 1. The number of hydrogen-bond acceptors (Lipinski definition) is 6. The maximum Gasteiger partial charge on any atom is 0.326 e. The third-order valence-electron chi connectivity index (χ3n) is 5.89. The summed E-state index contributed by atoms with van der Waals surface area (Å²) in [4.78, 5) is 41.4. The normalized spacial score (nSPS) is 22.1. The van der Waals surface area contributed by atoms with Crippen molar-refractivity contribution in [2.75, 3.05) is 18.1 Å². The maximum absolute atomic E-state index is 13.2. The van der Waals surface area contributed by atoms with Crippen molar-refractivity contribution in [2.24, 2.45) is 0 Å². The molecular formula is C21H25N3O5S2. The Morgan fingerprint density at radius 1 is 1.26 bits per heavy atom. The van der Waals surface area contributed by atoms with E-state index in [0.29, 0.717) is 13.0 Å². The second-order valence-corrected chi connectivity index (χ2v) is 11.2. The molecule has 1 aromatic heterocycles. The molecule has 1 aromatic carbocycles. The molecule has 3 heterocycles. The molecule has 4 N–H and O–H groups in total. The Kier molecular flexibility index (Phi) is 6.23. The summed E-state index contributed by atoms with van der Waals surface area (Å²) in [6.07, 6.45) is 2.40. The van der Waals surface area contributed by atoms with E-state index in [-0.39, 0.29) is 16.4 Å². The fourth-order valence-corrected chi connectivity index (χ4v) is 7.61. The SMILES string of the molecule is C[C@H](N[C@H](Cc1c[nH]c2ccccc12)C(=O)O)C(=O)N1CC2(C[C@H]1C(=O)O)SCCS2. The van der Waals surface area contributed by atoms with Gasteiger partial charge in [0.05, 0.1) is 10.1 Å². The van der Waals surface area contributed by atoms with E-state index in [1.807, 2.05) is 24.3 Å². The van der Waals surface area contributed by atoms with E-state index in [1.54, 1.807) is 36.6 Å². The number of benzene rings is 1. The highest BCUT2D eigenvalue weighted by Crippen LogP contribution is 2.51. The van der Waals surface area contributed by atoms with Gasteiger partial charge in [-0.1, -0.05) is 18.2 Å². The minimum absolute atomic E-state index is 0.203. The number of H-pyrrole nitrogens is 1. The number of para-hydroxylation sites is 1. The summed E-state index contributed by atoms with van der Waals surface area (Å²) in [6, 6.07) is 4.96. The highest BCUT2D eigenvalue weighted by molar-refractivity contribution is 8.21. The van der Waals surface area contributed by atoms with E-state index in [0.717, 1.165) is 28.0 Å². The second-order valence-electron chi connectivity index (χ2n) is 7.97. The molecule has 1 amide bonds. The van der Waals surface area contributed by atoms with Gasteiger partial charge >= 0.3 is 11.9 Å². The molecule has 3 atom stereocenters. The summed E-state index contributed by atoms with van der Waals surface area (Å²) in [6.45, 7) is 1.97. The Labute approximate surface area is 188 Å². The van der Waals surface area contributed by atoms with Crippen LogP contribution in [0.3, 0.4) is 0 Å². The first-order valence-electron chi connectivity index (χ1n) is 10.1. The van der Waals surface area contributed by atoms with Gasteiger partial charge in [0.25, 0.3) is 0 Å². The lowest BCUT2D eigenvalue weighted by atomic mass is 10.0. The van der Waals surface area contributed by atoms with Crippen LogP contribution in [0.5, 0.6) is 0 Å². The van der Waals surface area contributed by atoms with Crippen molar-refractivity contribution in [2.45, 2.75) is 42.0 Å². The number of nitrogens with zero attached hydrogens (tertiary/aromatic N) is 1. The number of aliphatic carboxylic acids is 2. The summed E-state index contributed by atoms with van der Waals surface area (Å²) in [5.41, 5.74) is 1.77. The smallest absolute Gasteiger partial charge is 0.326 e. The van der Waals surface area contributed by atoms with Crippen molar-refractivity contribution in [3.8, 4) is 0 Å². The predicted molar refractivity (Wildman–Crippen MR) is 121 cm³/mol. The molecule has 0 bridgehead atoms. The maximum atomic E-state index is 13.2. The molecule has 0 aliphatic carbocycles. The molecule has 0 radical (unpaired) electrons. The minimum atomic E-state index is -1.06. The van der Waals surface area contributed by atoms with E-state index < -0.39 is 30.1 Å². The first kappa shape index (κ1) is 22.0. The molecule has 2 saturated heterocycles.